The van der Waals surface area contributed by atoms with Crippen LogP contribution >= 0.6 is 11.6 Å². The molecule has 0 radical (unpaired) electrons. The SMILES string of the molecule is CCNC(Cc1ccccc1Cl)c1ccc(OC)cc1C. The van der Waals surface area contributed by atoms with Crippen LogP contribution in [0.2, 0.25) is 5.02 Å². The molecule has 2 nitrogen and oxygen atoms in total. The van der Waals surface area contributed by atoms with Crippen LogP contribution in [-0.2, 0) is 6.42 Å². The average molecular weight is 304 g/mol. The van der Waals surface area contributed by atoms with E-state index in [9.17, 15) is 0 Å². The number of halogens is 1. The molecule has 0 aromatic heterocycles. The average Bonchev–Trinajstić information content (AvgIpc) is 2.49. The number of ether oxygens (including phenoxy) is 1. The fourth-order valence-corrected chi connectivity index (χ4v) is 2.80. The lowest BCUT2D eigenvalue weighted by atomic mass is 9.95. The number of methoxy groups -OCH3 is 1. The number of rotatable bonds is 6. The minimum Gasteiger partial charge on any atom is -0.497 e. The Bertz CT molecular complexity index is 598. The van der Waals surface area contributed by atoms with Gasteiger partial charge in [0.25, 0.3) is 0 Å². The summed E-state index contributed by atoms with van der Waals surface area (Å²) in [5.41, 5.74) is 3.69. The van der Waals surface area contributed by atoms with Crippen LogP contribution < -0.4 is 10.1 Å². The summed E-state index contributed by atoms with van der Waals surface area (Å²) < 4.78 is 5.29. The molecule has 0 saturated carbocycles. The van der Waals surface area contributed by atoms with E-state index in [0.29, 0.717) is 0 Å². The highest BCUT2D eigenvalue weighted by Crippen LogP contribution is 2.27. The molecule has 1 unspecified atom stereocenters. The Hall–Kier alpha value is -1.51. The van der Waals surface area contributed by atoms with Crippen molar-refractivity contribution in [3.05, 3.63) is 64.2 Å². The molecular formula is C18H22ClNO. The number of likely N-dealkylation sites (N-methyl/N-ethyl adjacent to an activating group) is 1. The van der Waals surface area contributed by atoms with Gasteiger partial charge in [-0.3, -0.25) is 0 Å². The smallest absolute Gasteiger partial charge is 0.119 e. The van der Waals surface area contributed by atoms with Gasteiger partial charge in [0.1, 0.15) is 5.75 Å². The molecule has 0 aliphatic carbocycles. The lowest BCUT2D eigenvalue weighted by Crippen LogP contribution is -2.23. The van der Waals surface area contributed by atoms with E-state index in [-0.39, 0.29) is 6.04 Å². The lowest BCUT2D eigenvalue weighted by Gasteiger charge is -2.21. The van der Waals surface area contributed by atoms with E-state index in [4.69, 9.17) is 16.3 Å². The standard InChI is InChI=1S/C18H22ClNO/c1-4-20-18(12-14-7-5-6-8-17(14)19)16-10-9-15(21-3)11-13(16)2/h5-11,18,20H,4,12H2,1-3H3. The third-order valence-corrected chi connectivity index (χ3v) is 4.05. The van der Waals surface area contributed by atoms with Crippen molar-refractivity contribution in [2.75, 3.05) is 13.7 Å². The third-order valence-electron chi connectivity index (χ3n) is 3.68. The summed E-state index contributed by atoms with van der Waals surface area (Å²) in [6.07, 6.45) is 0.876. The molecule has 0 saturated heterocycles. The second-order valence-corrected chi connectivity index (χ2v) is 5.54. The molecular weight excluding hydrogens is 282 g/mol. The van der Waals surface area contributed by atoms with Crippen LogP contribution in [0.25, 0.3) is 0 Å². The second-order valence-electron chi connectivity index (χ2n) is 5.13. The van der Waals surface area contributed by atoms with Crippen molar-refractivity contribution in [1.29, 1.82) is 0 Å². The predicted molar refractivity (Wildman–Crippen MR) is 89.3 cm³/mol. The Morgan fingerprint density at radius 3 is 2.57 bits per heavy atom. The largest absolute Gasteiger partial charge is 0.497 e. The van der Waals surface area contributed by atoms with Crippen LogP contribution in [0.5, 0.6) is 5.75 Å². The summed E-state index contributed by atoms with van der Waals surface area (Å²) in [7, 11) is 1.69. The summed E-state index contributed by atoms with van der Waals surface area (Å²) in [5, 5.41) is 4.38. The Kier molecular flexibility index (Phi) is 5.66. The molecule has 2 aromatic rings. The molecule has 0 heterocycles. The van der Waals surface area contributed by atoms with Gasteiger partial charge in [-0.2, -0.15) is 0 Å². The monoisotopic (exact) mass is 303 g/mol. The van der Waals surface area contributed by atoms with Crippen molar-refractivity contribution in [1.82, 2.24) is 5.32 Å². The fraction of sp³-hybridized carbons (Fsp3) is 0.333. The van der Waals surface area contributed by atoms with E-state index < -0.39 is 0 Å². The van der Waals surface area contributed by atoms with Gasteiger partial charge in [-0.15, -0.1) is 0 Å². The molecule has 0 aliphatic heterocycles. The zero-order valence-corrected chi connectivity index (χ0v) is 13.6. The molecule has 2 rings (SSSR count). The van der Waals surface area contributed by atoms with Crippen LogP contribution in [0, 0.1) is 6.92 Å². The van der Waals surface area contributed by atoms with E-state index in [1.165, 1.54) is 16.7 Å². The topological polar surface area (TPSA) is 21.3 Å². The first-order valence-electron chi connectivity index (χ1n) is 7.27. The maximum absolute atomic E-state index is 6.30. The van der Waals surface area contributed by atoms with Gasteiger partial charge in [0.2, 0.25) is 0 Å². The van der Waals surface area contributed by atoms with E-state index in [0.717, 1.165) is 23.7 Å². The van der Waals surface area contributed by atoms with Crippen molar-refractivity contribution < 1.29 is 4.74 Å². The summed E-state index contributed by atoms with van der Waals surface area (Å²) in [5.74, 6) is 0.893. The van der Waals surface area contributed by atoms with Crippen molar-refractivity contribution in [3.63, 3.8) is 0 Å². The zero-order chi connectivity index (χ0) is 15.2. The summed E-state index contributed by atoms with van der Waals surface area (Å²) in [6, 6.07) is 14.5. The number of hydrogen-bond donors (Lipinski definition) is 1. The van der Waals surface area contributed by atoms with Crippen molar-refractivity contribution in [3.8, 4) is 5.75 Å². The molecule has 0 aliphatic rings. The van der Waals surface area contributed by atoms with Crippen LogP contribution in [0.4, 0.5) is 0 Å². The number of aryl methyl sites for hydroxylation is 1. The molecule has 0 bridgehead atoms. The van der Waals surface area contributed by atoms with E-state index in [2.05, 4.69) is 37.4 Å². The molecule has 1 atom stereocenters. The van der Waals surface area contributed by atoms with Crippen molar-refractivity contribution in [2.45, 2.75) is 26.3 Å². The quantitative estimate of drug-likeness (QED) is 0.845. The van der Waals surface area contributed by atoms with Gasteiger partial charge in [-0.05, 0) is 54.8 Å². The van der Waals surface area contributed by atoms with Gasteiger partial charge in [0.05, 0.1) is 7.11 Å². The number of nitrogens with one attached hydrogen (secondary N) is 1. The van der Waals surface area contributed by atoms with Crippen LogP contribution in [0.1, 0.15) is 29.7 Å². The maximum atomic E-state index is 6.30. The van der Waals surface area contributed by atoms with Gasteiger partial charge < -0.3 is 10.1 Å². The van der Waals surface area contributed by atoms with Crippen molar-refractivity contribution >= 4 is 11.6 Å². The molecule has 2 aromatic carbocycles. The van der Waals surface area contributed by atoms with Gasteiger partial charge in [0.15, 0.2) is 0 Å². The molecule has 21 heavy (non-hydrogen) atoms. The second kappa shape index (κ2) is 7.48. The Morgan fingerprint density at radius 2 is 1.95 bits per heavy atom. The molecule has 0 spiro atoms. The predicted octanol–water partition coefficient (Wildman–Crippen LogP) is 4.55. The first-order valence-corrected chi connectivity index (χ1v) is 7.64. The van der Waals surface area contributed by atoms with Crippen molar-refractivity contribution in [2.24, 2.45) is 0 Å². The van der Waals surface area contributed by atoms with Gasteiger partial charge in [-0.1, -0.05) is 42.8 Å². The highest BCUT2D eigenvalue weighted by Gasteiger charge is 2.15. The Labute approximate surface area is 132 Å². The summed E-state index contributed by atoms with van der Waals surface area (Å²) in [6.45, 7) is 5.16. The molecule has 0 fully saturated rings. The van der Waals surface area contributed by atoms with Crippen LogP contribution in [-0.4, -0.2) is 13.7 Å². The van der Waals surface area contributed by atoms with Crippen LogP contribution in [0.15, 0.2) is 42.5 Å². The fourth-order valence-electron chi connectivity index (χ4n) is 2.59. The van der Waals surface area contributed by atoms with E-state index in [1.54, 1.807) is 7.11 Å². The lowest BCUT2D eigenvalue weighted by molar-refractivity contribution is 0.414. The Balaban J connectivity index is 2.29. The minimum absolute atomic E-state index is 0.251. The molecule has 112 valence electrons. The van der Waals surface area contributed by atoms with Gasteiger partial charge in [-0.25, -0.2) is 0 Å². The Morgan fingerprint density at radius 1 is 1.19 bits per heavy atom. The van der Waals surface area contributed by atoms with Crippen LogP contribution in [0.3, 0.4) is 0 Å². The third kappa shape index (κ3) is 3.99. The molecule has 1 N–H and O–H groups in total. The first-order chi connectivity index (χ1) is 10.2. The number of hydrogen-bond acceptors (Lipinski definition) is 2. The summed E-state index contributed by atoms with van der Waals surface area (Å²) in [4.78, 5) is 0. The molecule has 3 heteroatoms. The first kappa shape index (κ1) is 15.9. The highest BCUT2D eigenvalue weighted by atomic mass is 35.5. The minimum atomic E-state index is 0.251. The van der Waals surface area contributed by atoms with E-state index >= 15 is 0 Å². The number of benzene rings is 2. The zero-order valence-electron chi connectivity index (χ0n) is 12.8. The summed E-state index contributed by atoms with van der Waals surface area (Å²) >= 11 is 6.30. The normalized spacial score (nSPS) is 12.2. The maximum Gasteiger partial charge on any atom is 0.119 e. The highest BCUT2D eigenvalue weighted by molar-refractivity contribution is 6.31. The van der Waals surface area contributed by atoms with Gasteiger partial charge in [0, 0.05) is 11.1 Å². The van der Waals surface area contributed by atoms with E-state index in [1.807, 2.05) is 24.3 Å². The molecule has 0 amide bonds. The van der Waals surface area contributed by atoms with Gasteiger partial charge >= 0.3 is 0 Å².